The van der Waals surface area contributed by atoms with E-state index >= 15 is 0 Å². The molecule has 1 saturated heterocycles. The summed E-state index contributed by atoms with van der Waals surface area (Å²) in [6, 6.07) is 8.00. The Hall–Kier alpha value is -1.55. The third-order valence-electron chi connectivity index (χ3n) is 4.49. The van der Waals surface area contributed by atoms with Gasteiger partial charge in [0, 0.05) is 5.41 Å². The van der Waals surface area contributed by atoms with Crippen molar-refractivity contribution in [3.05, 3.63) is 29.8 Å². The summed E-state index contributed by atoms with van der Waals surface area (Å²) < 4.78 is 5.18. The van der Waals surface area contributed by atoms with Crippen LogP contribution >= 0.6 is 0 Å². The standard InChI is InChI=1S/C17H26N2O2/c1-4-15(13-5-7-14(21-3)8-6-13)19-16(20)17(2)9-11-18-12-10-17/h5-8,15,18H,4,9-12H2,1-3H3,(H,19,20). The molecule has 1 aromatic carbocycles. The van der Waals surface area contributed by atoms with E-state index in [1.807, 2.05) is 24.3 Å². The van der Waals surface area contributed by atoms with Crippen LogP contribution in [-0.4, -0.2) is 26.1 Å². The van der Waals surface area contributed by atoms with Crippen molar-refractivity contribution in [2.75, 3.05) is 20.2 Å². The first-order chi connectivity index (χ1) is 10.1. The van der Waals surface area contributed by atoms with Crippen molar-refractivity contribution in [1.29, 1.82) is 0 Å². The van der Waals surface area contributed by atoms with Gasteiger partial charge in [-0.1, -0.05) is 26.0 Å². The fraction of sp³-hybridized carbons (Fsp3) is 0.588. The molecule has 0 bridgehead atoms. The normalized spacial score (nSPS) is 18.8. The van der Waals surface area contributed by atoms with E-state index in [2.05, 4.69) is 24.5 Å². The zero-order valence-corrected chi connectivity index (χ0v) is 13.2. The molecule has 0 radical (unpaired) electrons. The maximum Gasteiger partial charge on any atom is 0.226 e. The van der Waals surface area contributed by atoms with Gasteiger partial charge in [0.2, 0.25) is 5.91 Å². The maximum absolute atomic E-state index is 12.6. The maximum atomic E-state index is 12.6. The van der Waals surface area contributed by atoms with E-state index in [-0.39, 0.29) is 17.4 Å². The molecule has 4 heteroatoms. The Morgan fingerprint density at radius 1 is 1.33 bits per heavy atom. The highest BCUT2D eigenvalue weighted by Crippen LogP contribution is 2.30. The minimum atomic E-state index is -0.245. The number of hydrogen-bond donors (Lipinski definition) is 2. The first-order valence-corrected chi connectivity index (χ1v) is 7.74. The molecular weight excluding hydrogens is 264 g/mol. The van der Waals surface area contributed by atoms with Gasteiger partial charge in [0.1, 0.15) is 5.75 Å². The Labute approximate surface area is 127 Å². The molecule has 1 amide bonds. The van der Waals surface area contributed by atoms with Gasteiger partial charge >= 0.3 is 0 Å². The van der Waals surface area contributed by atoms with Gasteiger partial charge in [0.05, 0.1) is 13.2 Å². The first kappa shape index (κ1) is 15.8. The van der Waals surface area contributed by atoms with Gasteiger partial charge in [-0.3, -0.25) is 4.79 Å². The van der Waals surface area contributed by atoms with Crippen LogP contribution in [0.4, 0.5) is 0 Å². The quantitative estimate of drug-likeness (QED) is 0.876. The summed E-state index contributed by atoms with van der Waals surface area (Å²) in [6.45, 7) is 6.01. The van der Waals surface area contributed by atoms with Gasteiger partial charge in [0.25, 0.3) is 0 Å². The van der Waals surface area contributed by atoms with Crippen molar-refractivity contribution in [2.24, 2.45) is 5.41 Å². The summed E-state index contributed by atoms with van der Waals surface area (Å²) in [5.74, 6) is 1.01. The Balaban J connectivity index is 2.05. The smallest absolute Gasteiger partial charge is 0.226 e. The lowest BCUT2D eigenvalue weighted by Crippen LogP contribution is -2.46. The zero-order chi connectivity index (χ0) is 15.3. The summed E-state index contributed by atoms with van der Waals surface area (Å²) in [6.07, 6.45) is 2.68. The monoisotopic (exact) mass is 290 g/mol. The molecule has 1 aliphatic rings. The third kappa shape index (κ3) is 3.76. The third-order valence-corrected chi connectivity index (χ3v) is 4.49. The second-order valence-corrected chi connectivity index (χ2v) is 6.02. The van der Waals surface area contributed by atoms with Crippen LogP contribution in [0.5, 0.6) is 5.75 Å². The van der Waals surface area contributed by atoms with Gasteiger partial charge in [0.15, 0.2) is 0 Å². The van der Waals surface area contributed by atoms with Crippen molar-refractivity contribution in [3.8, 4) is 5.75 Å². The molecule has 116 valence electrons. The summed E-state index contributed by atoms with van der Waals surface area (Å²) in [7, 11) is 1.66. The Bertz CT molecular complexity index is 464. The molecule has 1 aromatic rings. The summed E-state index contributed by atoms with van der Waals surface area (Å²) >= 11 is 0. The predicted octanol–water partition coefficient (Wildman–Crippen LogP) is 2.65. The number of ether oxygens (including phenoxy) is 1. The van der Waals surface area contributed by atoms with Crippen molar-refractivity contribution < 1.29 is 9.53 Å². The summed E-state index contributed by atoms with van der Waals surface area (Å²) in [4.78, 5) is 12.6. The zero-order valence-electron chi connectivity index (χ0n) is 13.2. The molecular formula is C17H26N2O2. The summed E-state index contributed by atoms with van der Waals surface area (Å²) in [5, 5.41) is 6.54. The van der Waals surface area contributed by atoms with Crippen LogP contribution in [0.2, 0.25) is 0 Å². The summed E-state index contributed by atoms with van der Waals surface area (Å²) in [5.41, 5.74) is 0.884. The van der Waals surface area contributed by atoms with E-state index in [4.69, 9.17) is 4.74 Å². The molecule has 2 rings (SSSR count). The van der Waals surface area contributed by atoms with E-state index in [1.54, 1.807) is 7.11 Å². The highest BCUT2D eigenvalue weighted by atomic mass is 16.5. The molecule has 21 heavy (non-hydrogen) atoms. The average Bonchev–Trinajstić information content (AvgIpc) is 2.53. The number of hydrogen-bond acceptors (Lipinski definition) is 3. The van der Waals surface area contributed by atoms with Crippen molar-refractivity contribution in [2.45, 2.75) is 39.2 Å². The minimum absolute atomic E-state index is 0.0649. The molecule has 0 aromatic heterocycles. The number of amides is 1. The Morgan fingerprint density at radius 2 is 1.95 bits per heavy atom. The van der Waals surface area contributed by atoms with Crippen LogP contribution in [0.3, 0.4) is 0 Å². The molecule has 1 fully saturated rings. The molecule has 4 nitrogen and oxygen atoms in total. The topological polar surface area (TPSA) is 50.4 Å². The van der Waals surface area contributed by atoms with Gasteiger partial charge in [-0.25, -0.2) is 0 Å². The van der Waals surface area contributed by atoms with E-state index in [9.17, 15) is 4.79 Å². The van der Waals surface area contributed by atoms with Crippen LogP contribution in [0.1, 0.15) is 44.7 Å². The van der Waals surface area contributed by atoms with Crippen LogP contribution < -0.4 is 15.4 Å². The Kier molecular flexibility index (Phi) is 5.23. The number of methoxy groups -OCH3 is 1. The van der Waals surface area contributed by atoms with E-state index in [0.717, 1.165) is 43.7 Å². The number of rotatable bonds is 5. The highest BCUT2D eigenvalue weighted by molar-refractivity contribution is 5.82. The van der Waals surface area contributed by atoms with Crippen molar-refractivity contribution in [1.82, 2.24) is 10.6 Å². The Morgan fingerprint density at radius 3 is 2.48 bits per heavy atom. The minimum Gasteiger partial charge on any atom is -0.497 e. The second kappa shape index (κ2) is 6.94. The lowest BCUT2D eigenvalue weighted by molar-refractivity contribution is -0.132. The molecule has 2 N–H and O–H groups in total. The number of carbonyl (C=O) groups excluding carboxylic acids is 1. The molecule has 1 atom stereocenters. The second-order valence-electron chi connectivity index (χ2n) is 6.02. The van der Waals surface area contributed by atoms with Crippen molar-refractivity contribution >= 4 is 5.91 Å². The fourth-order valence-electron chi connectivity index (χ4n) is 2.80. The average molecular weight is 290 g/mol. The van der Waals surface area contributed by atoms with Crippen LogP contribution in [-0.2, 0) is 4.79 Å². The van der Waals surface area contributed by atoms with Gasteiger partial charge in [-0.2, -0.15) is 0 Å². The van der Waals surface area contributed by atoms with Crippen LogP contribution in [0, 0.1) is 5.41 Å². The predicted molar refractivity (Wildman–Crippen MR) is 84.4 cm³/mol. The lowest BCUT2D eigenvalue weighted by atomic mass is 9.80. The van der Waals surface area contributed by atoms with Gasteiger partial charge in [-0.15, -0.1) is 0 Å². The van der Waals surface area contributed by atoms with Gasteiger partial charge < -0.3 is 15.4 Å². The molecule has 1 aliphatic heterocycles. The molecule has 1 heterocycles. The molecule has 0 aliphatic carbocycles. The molecule has 0 saturated carbocycles. The SMILES string of the molecule is CCC(NC(=O)C1(C)CCNCC1)c1ccc(OC)cc1. The largest absolute Gasteiger partial charge is 0.497 e. The number of carbonyl (C=O) groups is 1. The fourth-order valence-corrected chi connectivity index (χ4v) is 2.80. The van der Waals surface area contributed by atoms with E-state index in [1.165, 1.54) is 0 Å². The van der Waals surface area contributed by atoms with E-state index in [0.29, 0.717) is 0 Å². The lowest BCUT2D eigenvalue weighted by Gasteiger charge is -2.34. The highest BCUT2D eigenvalue weighted by Gasteiger charge is 2.35. The van der Waals surface area contributed by atoms with Gasteiger partial charge in [-0.05, 0) is 50.0 Å². The molecule has 0 spiro atoms. The van der Waals surface area contributed by atoms with Crippen molar-refractivity contribution in [3.63, 3.8) is 0 Å². The first-order valence-electron chi connectivity index (χ1n) is 7.74. The molecule has 1 unspecified atom stereocenters. The number of nitrogens with one attached hydrogen (secondary N) is 2. The number of benzene rings is 1. The number of piperidine rings is 1. The van der Waals surface area contributed by atoms with Crippen LogP contribution in [0.15, 0.2) is 24.3 Å². The van der Waals surface area contributed by atoms with E-state index < -0.39 is 0 Å². The van der Waals surface area contributed by atoms with Crippen LogP contribution in [0.25, 0.3) is 0 Å².